The highest BCUT2D eigenvalue weighted by molar-refractivity contribution is 6.08. The number of rotatable bonds is 17. The van der Waals surface area contributed by atoms with E-state index in [4.69, 9.17) is 33.5 Å². The largest absolute Gasteiger partial charge is 0.497 e. The lowest BCUT2D eigenvalue weighted by atomic mass is 9.85. The quantitative estimate of drug-likeness (QED) is 0.0678. The second-order valence-corrected chi connectivity index (χ2v) is 13.3. The fraction of sp³-hybridized carbons (Fsp3) is 0.293. The fourth-order valence-electron chi connectivity index (χ4n) is 5.58. The number of ether oxygens (including phenoxy) is 6. The summed E-state index contributed by atoms with van der Waals surface area (Å²) in [6.45, 7) is 8.95. The number of aromatic nitrogens is 1. The van der Waals surface area contributed by atoms with Gasteiger partial charge < -0.3 is 49.5 Å². The van der Waals surface area contributed by atoms with E-state index in [1.165, 1.54) is 0 Å². The van der Waals surface area contributed by atoms with Gasteiger partial charge in [-0.15, -0.1) is 0 Å². The summed E-state index contributed by atoms with van der Waals surface area (Å²) < 4.78 is 33.7. The Hall–Kier alpha value is -6.05. The number of anilines is 4. The third kappa shape index (κ3) is 10.7. The van der Waals surface area contributed by atoms with Gasteiger partial charge in [0.1, 0.15) is 47.8 Å². The van der Waals surface area contributed by atoms with E-state index in [1.54, 1.807) is 38.6 Å². The van der Waals surface area contributed by atoms with Crippen LogP contribution in [0.5, 0.6) is 28.7 Å². The Labute approximate surface area is 314 Å². The molecule has 2 amide bonds. The monoisotopic (exact) mass is 738 g/mol. The van der Waals surface area contributed by atoms with E-state index in [9.17, 15) is 9.59 Å². The highest BCUT2D eigenvalue weighted by Gasteiger charge is 2.20. The number of urea groups is 1. The molecule has 54 heavy (non-hydrogen) atoms. The summed E-state index contributed by atoms with van der Waals surface area (Å²) in [7, 11) is 3.16. The second kappa shape index (κ2) is 18.1. The summed E-state index contributed by atoms with van der Waals surface area (Å²) in [5.41, 5.74) is 3.78. The van der Waals surface area contributed by atoms with E-state index >= 15 is 0 Å². The lowest BCUT2D eigenvalue weighted by Crippen LogP contribution is -2.21. The highest BCUT2D eigenvalue weighted by atomic mass is 16.5. The molecule has 1 aromatic heterocycles. The summed E-state index contributed by atoms with van der Waals surface area (Å²) in [6, 6.07) is 23.8. The number of carboxylic acids is 1. The second-order valence-electron chi connectivity index (χ2n) is 13.3. The molecule has 5 aromatic rings. The Morgan fingerprint density at radius 3 is 2.22 bits per heavy atom. The number of carboxylic acid groups (broad SMARTS) is 1. The summed E-state index contributed by atoms with van der Waals surface area (Å²) in [4.78, 5) is 28.3. The predicted molar refractivity (Wildman–Crippen MR) is 208 cm³/mol. The molecule has 0 unspecified atom stereocenters. The first-order valence-corrected chi connectivity index (χ1v) is 17.3. The number of aryl methyl sites for hydroxylation is 1. The highest BCUT2D eigenvalue weighted by Crippen LogP contribution is 2.37. The fourth-order valence-corrected chi connectivity index (χ4v) is 5.58. The van der Waals surface area contributed by atoms with Crippen molar-refractivity contribution in [2.75, 3.05) is 63.2 Å². The third-order valence-corrected chi connectivity index (χ3v) is 8.17. The first-order valence-electron chi connectivity index (χ1n) is 17.3. The van der Waals surface area contributed by atoms with Gasteiger partial charge in [0.05, 0.1) is 45.4 Å². The predicted octanol–water partition coefficient (Wildman–Crippen LogP) is 8.53. The number of methoxy groups -OCH3 is 2. The molecule has 5 rings (SSSR count). The summed E-state index contributed by atoms with van der Waals surface area (Å²) in [6.07, 6.45) is 1.64. The molecule has 13 heteroatoms. The van der Waals surface area contributed by atoms with Gasteiger partial charge in [0.25, 0.3) is 0 Å². The van der Waals surface area contributed by atoms with Crippen molar-refractivity contribution in [3.63, 3.8) is 0 Å². The first kappa shape index (κ1) is 39.2. The Bertz CT molecular complexity index is 2080. The SMILES string of the molecule is COc1cc(Nc2cc(Oc3ccc(NC(=O)Nc4cc(C(C)(C)C)cc(C)c4OC)c4ccccc34)ccn2)cc(OCCOCCOCC(=O)O)c1. The van der Waals surface area contributed by atoms with Crippen LogP contribution in [0.3, 0.4) is 0 Å². The third-order valence-electron chi connectivity index (χ3n) is 8.17. The molecule has 0 aliphatic carbocycles. The van der Waals surface area contributed by atoms with Crippen molar-refractivity contribution in [1.82, 2.24) is 4.98 Å². The van der Waals surface area contributed by atoms with Gasteiger partial charge >= 0.3 is 12.0 Å². The molecule has 0 atom stereocenters. The minimum atomic E-state index is -1.03. The van der Waals surface area contributed by atoms with Gasteiger partial charge in [-0.3, -0.25) is 0 Å². The molecule has 284 valence electrons. The average Bonchev–Trinajstić information content (AvgIpc) is 3.13. The Balaban J connectivity index is 1.25. The van der Waals surface area contributed by atoms with Gasteiger partial charge in [0.15, 0.2) is 0 Å². The van der Waals surface area contributed by atoms with Gasteiger partial charge in [-0.1, -0.05) is 51.1 Å². The number of nitrogens with zero attached hydrogens (tertiary/aromatic N) is 1. The van der Waals surface area contributed by atoms with Crippen molar-refractivity contribution in [1.29, 1.82) is 0 Å². The normalized spacial score (nSPS) is 11.1. The van der Waals surface area contributed by atoms with Crippen molar-refractivity contribution in [2.24, 2.45) is 0 Å². The number of nitrogens with one attached hydrogen (secondary N) is 3. The number of hydrogen-bond donors (Lipinski definition) is 4. The standard InChI is InChI=1S/C41H46N4O9/c1-26-19-27(41(2,3)4)20-35(39(26)50-6)45-40(48)44-34-11-12-36(33-10-8-7-9-32(33)34)54-29-13-14-42-37(24-29)43-28-21-30(49-5)23-31(22-28)53-18-17-51-15-16-52-25-38(46)47/h7-14,19-24H,15-18,25H2,1-6H3,(H,42,43)(H,46,47)(H2,44,45,48). The van der Waals surface area contributed by atoms with E-state index in [1.807, 2.05) is 61.5 Å². The van der Waals surface area contributed by atoms with E-state index in [0.29, 0.717) is 51.6 Å². The van der Waals surface area contributed by atoms with Crippen molar-refractivity contribution in [2.45, 2.75) is 33.1 Å². The summed E-state index contributed by atoms with van der Waals surface area (Å²) in [5, 5.41) is 19.5. The van der Waals surface area contributed by atoms with Crippen LogP contribution >= 0.6 is 0 Å². The molecule has 0 saturated carbocycles. The van der Waals surface area contributed by atoms with Crippen LogP contribution in [0.4, 0.5) is 27.7 Å². The van der Waals surface area contributed by atoms with E-state index in [2.05, 4.69) is 47.8 Å². The number of hydrogen-bond acceptors (Lipinski definition) is 10. The van der Waals surface area contributed by atoms with E-state index in [0.717, 1.165) is 21.9 Å². The van der Waals surface area contributed by atoms with Crippen molar-refractivity contribution in [3.05, 3.63) is 96.2 Å². The molecule has 0 aliphatic heterocycles. The number of aliphatic carboxylic acids is 1. The maximum absolute atomic E-state index is 13.4. The van der Waals surface area contributed by atoms with E-state index < -0.39 is 12.0 Å². The maximum atomic E-state index is 13.4. The van der Waals surface area contributed by atoms with Crippen LogP contribution in [0, 0.1) is 6.92 Å². The van der Waals surface area contributed by atoms with Gasteiger partial charge in [-0.05, 0) is 47.7 Å². The lowest BCUT2D eigenvalue weighted by molar-refractivity contribution is -0.142. The molecule has 1 heterocycles. The van der Waals surface area contributed by atoms with Gasteiger partial charge in [0.2, 0.25) is 0 Å². The van der Waals surface area contributed by atoms with Gasteiger partial charge in [0, 0.05) is 46.9 Å². The van der Waals surface area contributed by atoms with Crippen molar-refractivity contribution in [3.8, 4) is 28.7 Å². The molecule has 0 aliphatic rings. The molecule has 13 nitrogen and oxygen atoms in total. The Morgan fingerprint density at radius 1 is 0.759 bits per heavy atom. The van der Waals surface area contributed by atoms with E-state index in [-0.39, 0.29) is 38.4 Å². The molecule has 4 N–H and O–H groups in total. The van der Waals surface area contributed by atoms with Crippen LogP contribution in [0.15, 0.2) is 85.1 Å². The zero-order valence-corrected chi connectivity index (χ0v) is 31.3. The van der Waals surface area contributed by atoms with Crippen molar-refractivity contribution >= 4 is 45.7 Å². The first-order chi connectivity index (χ1) is 25.9. The number of benzene rings is 4. The van der Waals surface area contributed by atoms with Crippen LogP contribution < -0.4 is 34.9 Å². The topological polar surface area (TPSA) is 159 Å². The number of pyridine rings is 1. The zero-order chi connectivity index (χ0) is 38.7. The molecule has 4 aromatic carbocycles. The lowest BCUT2D eigenvalue weighted by Gasteiger charge is -2.23. The van der Waals surface area contributed by atoms with Crippen LogP contribution in [0.2, 0.25) is 0 Å². The number of amides is 2. The zero-order valence-electron chi connectivity index (χ0n) is 31.3. The Morgan fingerprint density at radius 2 is 1.48 bits per heavy atom. The van der Waals surface area contributed by atoms with Crippen LogP contribution in [-0.4, -0.2) is 69.3 Å². The van der Waals surface area contributed by atoms with Crippen LogP contribution in [0.25, 0.3) is 10.8 Å². The molecule has 0 fully saturated rings. The smallest absolute Gasteiger partial charge is 0.329 e. The van der Waals surface area contributed by atoms with Crippen molar-refractivity contribution < 1.29 is 43.1 Å². The summed E-state index contributed by atoms with van der Waals surface area (Å²) in [5.74, 6) is 2.37. The summed E-state index contributed by atoms with van der Waals surface area (Å²) >= 11 is 0. The molecular formula is C41H46N4O9. The average molecular weight is 739 g/mol. The minimum Gasteiger partial charge on any atom is -0.497 e. The molecule has 0 saturated heterocycles. The molecule has 0 bridgehead atoms. The van der Waals surface area contributed by atoms with Crippen LogP contribution in [-0.2, 0) is 19.7 Å². The number of fused-ring (bicyclic) bond motifs is 1. The Kier molecular flexibility index (Phi) is 13.1. The number of carbonyl (C=O) groups is 2. The minimum absolute atomic E-state index is 0.114. The molecule has 0 radical (unpaired) electrons. The van der Waals surface area contributed by atoms with Gasteiger partial charge in [-0.25, -0.2) is 14.6 Å². The molecule has 0 spiro atoms. The maximum Gasteiger partial charge on any atom is 0.329 e. The molecular weight excluding hydrogens is 692 g/mol. The van der Waals surface area contributed by atoms with Gasteiger partial charge in [-0.2, -0.15) is 0 Å². The van der Waals surface area contributed by atoms with Crippen LogP contribution in [0.1, 0.15) is 31.9 Å². The number of carbonyl (C=O) groups excluding carboxylic acids is 1.